The zero-order valence-corrected chi connectivity index (χ0v) is 13.9. The molecule has 1 aliphatic rings. The number of carbonyl (C=O) groups excluding carboxylic acids is 3. The fourth-order valence-electron chi connectivity index (χ4n) is 3.03. The van der Waals surface area contributed by atoms with E-state index in [1.807, 2.05) is 0 Å². The molecule has 1 heterocycles. The molecule has 0 saturated carbocycles. The predicted octanol–water partition coefficient (Wildman–Crippen LogP) is 2.16. The number of primary amides is 1. The highest BCUT2D eigenvalue weighted by atomic mass is 19.1. The molecule has 0 bridgehead atoms. The van der Waals surface area contributed by atoms with E-state index in [1.165, 1.54) is 29.2 Å². The average molecular weight is 355 g/mol. The number of fused-ring (bicyclic) bond motifs is 1. The van der Waals surface area contributed by atoms with Crippen LogP contribution in [-0.4, -0.2) is 24.3 Å². The van der Waals surface area contributed by atoms with Gasteiger partial charge in [0.1, 0.15) is 5.82 Å². The maximum Gasteiger partial charge on any atom is 0.235 e. The van der Waals surface area contributed by atoms with Crippen LogP contribution in [0.15, 0.2) is 48.5 Å². The molecule has 7 heteroatoms. The quantitative estimate of drug-likeness (QED) is 0.861. The Kier molecular flexibility index (Phi) is 4.97. The number of anilines is 2. The largest absolute Gasteiger partial charge is 0.370 e. The fourth-order valence-corrected chi connectivity index (χ4v) is 3.03. The van der Waals surface area contributed by atoms with Gasteiger partial charge in [0.25, 0.3) is 0 Å². The number of benzene rings is 2. The van der Waals surface area contributed by atoms with Crippen LogP contribution in [0.5, 0.6) is 0 Å². The summed E-state index contributed by atoms with van der Waals surface area (Å²) in [7, 11) is 0. The van der Waals surface area contributed by atoms with Gasteiger partial charge in [-0.25, -0.2) is 4.39 Å². The zero-order chi connectivity index (χ0) is 18.7. The van der Waals surface area contributed by atoms with Gasteiger partial charge in [-0.15, -0.1) is 0 Å². The van der Waals surface area contributed by atoms with Gasteiger partial charge in [0.2, 0.25) is 17.7 Å². The van der Waals surface area contributed by atoms with Crippen LogP contribution in [0.25, 0.3) is 0 Å². The van der Waals surface area contributed by atoms with Crippen molar-refractivity contribution in [2.24, 2.45) is 5.73 Å². The van der Waals surface area contributed by atoms with E-state index < -0.39 is 17.6 Å². The lowest BCUT2D eigenvalue weighted by Gasteiger charge is -2.30. The molecular formula is C19H18FN3O3. The highest BCUT2D eigenvalue weighted by molar-refractivity contribution is 6.06. The van der Waals surface area contributed by atoms with Crippen molar-refractivity contribution in [3.63, 3.8) is 0 Å². The molecule has 26 heavy (non-hydrogen) atoms. The summed E-state index contributed by atoms with van der Waals surface area (Å²) in [5, 5.41) is 2.75. The predicted molar refractivity (Wildman–Crippen MR) is 95.0 cm³/mol. The molecule has 1 aliphatic heterocycles. The summed E-state index contributed by atoms with van der Waals surface area (Å²) in [6.07, 6.45) is -0.0339. The standard InChI is InChI=1S/C19H18FN3O3/c20-12-5-7-13(8-6-12)23(10-9-17(21)24)19(26)15-11-18(25)22-16-4-2-1-3-14(15)16/h1-8,15H,9-11H2,(H2,21,24)(H,22,25). The van der Waals surface area contributed by atoms with Gasteiger partial charge in [0.15, 0.2) is 0 Å². The first kappa shape index (κ1) is 17.6. The fraction of sp³-hybridized carbons (Fsp3) is 0.211. The van der Waals surface area contributed by atoms with Gasteiger partial charge in [-0.1, -0.05) is 18.2 Å². The van der Waals surface area contributed by atoms with Crippen molar-refractivity contribution in [2.75, 3.05) is 16.8 Å². The Morgan fingerprint density at radius 3 is 2.54 bits per heavy atom. The van der Waals surface area contributed by atoms with Crippen LogP contribution in [0.4, 0.5) is 15.8 Å². The van der Waals surface area contributed by atoms with Crippen molar-refractivity contribution in [1.82, 2.24) is 0 Å². The molecule has 3 N–H and O–H groups in total. The number of amides is 3. The van der Waals surface area contributed by atoms with Gasteiger partial charge in [-0.3, -0.25) is 14.4 Å². The molecule has 0 spiro atoms. The molecule has 0 radical (unpaired) electrons. The van der Waals surface area contributed by atoms with Gasteiger partial charge in [-0.05, 0) is 35.9 Å². The van der Waals surface area contributed by atoms with Gasteiger partial charge in [-0.2, -0.15) is 0 Å². The van der Waals surface area contributed by atoms with Gasteiger partial charge >= 0.3 is 0 Å². The van der Waals surface area contributed by atoms with Crippen molar-refractivity contribution in [3.8, 4) is 0 Å². The summed E-state index contributed by atoms with van der Waals surface area (Å²) in [5.74, 6) is -2.25. The lowest BCUT2D eigenvalue weighted by Crippen LogP contribution is -2.40. The second kappa shape index (κ2) is 7.35. The minimum atomic E-state index is -0.683. The first-order valence-electron chi connectivity index (χ1n) is 8.19. The molecule has 0 fully saturated rings. The second-order valence-electron chi connectivity index (χ2n) is 6.07. The number of hydrogen-bond acceptors (Lipinski definition) is 3. The number of nitrogens with two attached hydrogens (primary N) is 1. The molecular weight excluding hydrogens is 337 g/mol. The minimum absolute atomic E-state index is 0.00408. The average Bonchev–Trinajstić information content (AvgIpc) is 2.62. The Balaban J connectivity index is 1.95. The Labute approximate surface area is 149 Å². The van der Waals surface area contributed by atoms with Crippen LogP contribution < -0.4 is 16.0 Å². The summed E-state index contributed by atoms with van der Waals surface area (Å²) in [6, 6.07) is 12.5. The highest BCUT2D eigenvalue weighted by Crippen LogP contribution is 2.34. The van der Waals surface area contributed by atoms with E-state index in [4.69, 9.17) is 5.73 Å². The van der Waals surface area contributed by atoms with E-state index in [9.17, 15) is 18.8 Å². The SMILES string of the molecule is NC(=O)CCN(C(=O)C1CC(=O)Nc2ccccc21)c1ccc(F)cc1. The Morgan fingerprint density at radius 1 is 1.15 bits per heavy atom. The number of hydrogen-bond donors (Lipinski definition) is 2. The number of nitrogens with one attached hydrogen (secondary N) is 1. The number of para-hydroxylation sites is 1. The van der Waals surface area contributed by atoms with E-state index >= 15 is 0 Å². The maximum absolute atomic E-state index is 13.2. The lowest BCUT2D eigenvalue weighted by atomic mass is 9.89. The van der Waals surface area contributed by atoms with E-state index in [1.54, 1.807) is 24.3 Å². The molecule has 2 aromatic rings. The van der Waals surface area contributed by atoms with Crippen molar-refractivity contribution >= 4 is 29.1 Å². The Hall–Kier alpha value is -3.22. The lowest BCUT2D eigenvalue weighted by molar-refractivity contribution is -0.124. The topological polar surface area (TPSA) is 92.5 Å². The van der Waals surface area contributed by atoms with Crippen molar-refractivity contribution in [1.29, 1.82) is 0 Å². The van der Waals surface area contributed by atoms with Crippen molar-refractivity contribution in [3.05, 3.63) is 59.9 Å². The molecule has 3 amide bonds. The van der Waals surface area contributed by atoms with E-state index in [0.717, 1.165) is 0 Å². The third-order valence-electron chi connectivity index (χ3n) is 4.28. The molecule has 0 aromatic heterocycles. The molecule has 0 saturated heterocycles. The number of carbonyl (C=O) groups is 3. The summed E-state index contributed by atoms with van der Waals surface area (Å²) >= 11 is 0. The molecule has 1 atom stereocenters. The smallest absolute Gasteiger partial charge is 0.235 e. The van der Waals surface area contributed by atoms with Gasteiger partial charge < -0.3 is 16.0 Å². The van der Waals surface area contributed by atoms with Crippen LogP contribution in [0, 0.1) is 5.82 Å². The second-order valence-corrected chi connectivity index (χ2v) is 6.07. The van der Waals surface area contributed by atoms with Crippen LogP contribution in [0.2, 0.25) is 0 Å². The molecule has 2 aromatic carbocycles. The van der Waals surface area contributed by atoms with E-state index in [-0.39, 0.29) is 31.2 Å². The third-order valence-corrected chi connectivity index (χ3v) is 4.28. The maximum atomic E-state index is 13.2. The third kappa shape index (κ3) is 3.72. The van der Waals surface area contributed by atoms with Crippen molar-refractivity contribution < 1.29 is 18.8 Å². The minimum Gasteiger partial charge on any atom is -0.370 e. The number of rotatable bonds is 5. The van der Waals surface area contributed by atoms with Crippen molar-refractivity contribution in [2.45, 2.75) is 18.8 Å². The molecule has 3 rings (SSSR count). The van der Waals surface area contributed by atoms with Crippen LogP contribution in [0.3, 0.4) is 0 Å². The molecule has 0 aliphatic carbocycles. The first-order chi connectivity index (χ1) is 12.5. The number of nitrogens with zero attached hydrogens (tertiary/aromatic N) is 1. The molecule has 134 valence electrons. The van der Waals surface area contributed by atoms with Gasteiger partial charge in [0.05, 0.1) is 5.92 Å². The molecule has 1 unspecified atom stereocenters. The van der Waals surface area contributed by atoms with E-state index in [0.29, 0.717) is 16.9 Å². The first-order valence-corrected chi connectivity index (χ1v) is 8.19. The molecule has 6 nitrogen and oxygen atoms in total. The Bertz CT molecular complexity index is 851. The van der Waals surface area contributed by atoms with Crippen LogP contribution >= 0.6 is 0 Å². The van der Waals surface area contributed by atoms with Crippen LogP contribution in [0.1, 0.15) is 24.3 Å². The summed E-state index contributed by atoms with van der Waals surface area (Å²) in [6.45, 7) is 0.0556. The Morgan fingerprint density at radius 2 is 1.85 bits per heavy atom. The van der Waals surface area contributed by atoms with Gasteiger partial charge in [0, 0.05) is 30.8 Å². The highest BCUT2D eigenvalue weighted by Gasteiger charge is 2.34. The van der Waals surface area contributed by atoms with Crippen LogP contribution in [-0.2, 0) is 14.4 Å². The monoisotopic (exact) mass is 355 g/mol. The zero-order valence-electron chi connectivity index (χ0n) is 13.9. The normalized spacial score (nSPS) is 15.7. The summed E-state index contributed by atoms with van der Waals surface area (Å²) < 4.78 is 13.2. The van der Waals surface area contributed by atoms with E-state index in [2.05, 4.69) is 5.32 Å². The number of halogens is 1. The summed E-state index contributed by atoms with van der Waals surface area (Å²) in [4.78, 5) is 37.8. The summed E-state index contributed by atoms with van der Waals surface area (Å²) in [5.41, 5.74) is 6.97.